The predicted octanol–water partition coefficient (Wildman–Crippen LogP) is 3.87. The number of hydrogen-bond acceptors (Lipinski definition) is 2. The van der Waals surface area contributed by atoms with E-state index in [1.54, 1.807) is 13.1 Å². The summed E-state index contributed by atoms with van der Waals surface area (Å²) in [5, 5.41) is 7.81. The minimum Gasteiger partial charge on any atom is -0.380 e. The van der Waals surface area contributed by atoms with Gasteiger partial charge >= 0.3 is 0 Å². The molecule has 1 aromatic carbocycles. The molecule has 0 amide bonds. The SMILES string of the molecule is CN=C(NCC1(C)COC1)NC(C)c1ccc(Cl)c(Cl)c1.I. The third-order valence-electron chi connectivity index (χ3n) is 3.60. The van der Waals surface area contributed by atoms with Gasteiger partial charge in [-0.1, -0.05) is 36.2 Å². The van der Waals surface area contributed by atoms with Crippen LogP contribution < -0.4 is 10.6 Å². The molecule has 4 nitrogen and oxygen atoms in total. The highest BCUT2D eigenvalue weighted by atomic mass is 127. The van der Waals surface area contributed by atoms with Gasteiger partial charge in [0, 0.05) is 19.0 Å². The van der Waals surface area contributed by atoms with Gasteiger partial charge in [0.15, 0.2) is 5.96 Å². The predicted molar refractivity (Wildman–Crippen MR) is 104 cm³/mol. The molecule has 0 aromatic heterocycles. The van der Waals surface area contributed by atoms with Crippen LogP contribution in [0.5, 0.6) is 0 Å². The van der Waals surface area contributed by atoms with Crippen LogP contribution in [0.15, 0.2) is 23.2 Å². The molecule has 2 N–H and O–H groups in total. The minimum absolute atomic E-state index is 0. The average Bonchev–Trinajstić information content (AvgIpc) is 2.44. The topological polar surface area (TPSA) is 45.7 Å². The summed E-state index contributed by atoms with van der Waals surface area (Å²) in [7, 11) is 1.76. The number of hydrogen-bond donors (Lipinski definition) is 2. The lowest BCUT2D eigenvalue weighted by molar-refractivity contribution is -0.0971. The Bertz CT molecular complexity index is 536. The monoisotopic (exact) mass is 457 g/mol. The van der Waals surface area contributed by atoms with Gasteiger partial charge in [-0.25, -0.2) is 0 Å². The molecule has 0 aliphatic carbocycles. The first-order valence-electron chi connectivity index (χ1n) is 6.93. The van der Waals surface area contributed by atoms with Crippen LogP contribution in [-0.4, -0.2) is 32.8 Å². The smallest absolute Gasteiger partial charge is 0.191 e. The first-order valence-corrected chi connectivity index (χ1v) is 7.69. The summed E-state index contributed by atoms with van der Waals surface area (Å²) in [6.45, 7) is 6.67. The molecule has 0 bridgehead atoms. The minimum atomic E-state index is 0. The lowest BCUT2D eigenvalue weighted by Gasteiger charge is -2.38. The quantitative estimate of drug-likeness (QED) is 0.409. The normalized spacial score (nSPS) is 18.0. The van der Waals surface area contributed by atoms with E-state index in [0.717, 1.165) is 31.3 Å². The maximum absolute atomic E-state index is 6.06. The molecule has 124 valence electrons. The largest absolute Gasteiger partial charge is 0.380 e. The fraction of sp³-hybridized carbons (Fsp3) is 0.533. The summed E-state index contributed by atoms with van der Waals surface area (Å²) in [6.07, 6.45) is 0. The Morgan fingerprint density at radius 1 is 1.36 bits per heavy atom. The lowest BCUT2D eigenvalue weighted by Crippen LogP contribution is -2.51. The van der Waals surface area contributed by atoms with Crippen molar-refractivity contribution >= 4 is 53.1 Å². The summed E-state index contributed by atoms with van der Waals surface area (Å²) < 4.78 is 5.25. The second kappa shape index (κ2) is 8.57. The van der Waals surface area contributed by atoms with Crippen LogP contribution in [0.25, 0.3) is 0 Å². The van der Waals surface area contributed by atoms with Gasteiger partial charge < -0.3 is 15.4 Å². The Kier molecular flexibility index (Phi) is 7.71. The molecule has 1 aliphatic rings. The third-order valence-corrected chi connectivity index (χ3v) is 4.34. The highest BCUT2D eigenvalue weighted by molar-refractivity contribution is 14.0. The van der Waals surface area contributed by atoms with Crippen LogP contribution in [0.2, 0.25) is 10.0 Å². The fourth-order valence-corrected chi connectivity index (χ4v) is 2.42. The molecule has 1 saturated heterocycles. The summed E-state index contributed by atoms with van der Waals surface area (Å²) in [5.74, 6) is 0.765. The molecule has 0 saturated carbocycles. The van der Waals surface area contributed by atoms with Crippen molar-refractivity contribution in [3.05, 3.63) is 33.8 Å². The first-order chi connectivity index (χ1) is 9.93. The van der Waals surface area contributed by atoms with Crippen molar-refractivity contribution in [1.82, 2.24) is 10.6 Å². The molecule has 1 heterocycles. The van der Waals surface area contributed by atoms with Crippen molar-refractivity contribution in [3.8, 4) is 0 Å². The van der Waals surface area contributed by atoms with Crippen LogP contribution in [-0.2, 0) is 4.74 Å². The van der Waals surface area contributed by atoms with Crippen LogP contribution >= 0.6 is 47.2 Å². The average molecular weight is 458 g/mol. The Morgan fingerprint density at radius 2 is 2.05 bits per heavy atom. The number of ether oxygens (including phenoxy) is 1. The van der Waals surface area contributed by atoms with Crippen LogP contribution in [0, 0.1) is 5.41 Å². The van der Waals surface area contributed by atoms with Crippen LogP contribution in [0.3, 0.4) is 0 Å². The highest BCUT2D eigenvalue weighted by Gasteiger charge is 2.33. The van der Waals surface area contributed by atoms with Crippen LogP contribution in [0.1, 0.15) is 25.5 Å². The fourth-order valence-electron chi connectivity index (χ4n) is 2.11. The van der Waals surface area contributed by atoms with Crippen molar-refractivity contribution in [3.63, 3.8) is 0 Å². The molecule has 1 atom stereocenters. The Balaban J connectivity index is 0.00000242. The summed E-state index contributed by atoms with van der Waals surface area (Å²) in [5.41, 5.74) is 1.26. The second-order valence-electron chi connectivity index (χ2n) is 5.77. The number of benzene rings is 1. The number of rotatable bonds is 4. The zero-order valence-corrected chi connectivity index (χ0v) is 16.8. The first kappa shape index (κ1) is 19.8. The van der Waals surface area contributed by atoms with Gasteiger partial charge in [-0.15, -0.1) is 24.0 Å². The highest BCUT2D eigenvalue weighted by Crippen LogP contribution is 2.26. The Morgan fingerprint density at radius 3 is 2.55 bits per heavy atom. The molecule has 7 heteroatoms. The molecule has 2 rings (SSSR count). The van der Waals surface area contributed by atoms with Gasteiger partial charge in [0.2, 0.25) is 0 Å². The molecule has 1 aromatic rings. The Hall–Kier alpha value is -0.240. The van der Waals surface area contributed by atoms with Gasteiger partial charge in [-0.05, 0) is 24.6 Å². The van der Waals surface area contributed by atoms with E-state index >= 15 is 0 Å². The van der Waals surface area contributed by atoms with E-state index in [1.165, 1.54) is 0 Å². The van der Waals surface area contributed by atoms with Crippen molar-refractivity contribution < 1.29 is 4.74 Å². The van der Waals surface area contributed by atoms with Crippen molar-refractivity contribution in [2.75, 3.05) is 26.8 Å². The molecule has 1 aliphatic heterocycles. The molecular formula is C15H22Cl2IN3O. The van der Waals surface area contributed by atoms with Crippen molar-refractivity contribution in [1.29, 1.82) is 0 Å². The zero-order valence-electron chi connectivity index (χ0n) is 13.0. The van der Waals surface area contributed by atoms with Crippen molar-refractivity contribution in [2.45, 2.75) is 19.9 Å². The summed E-state index contributed by atoms with van der Waals surface area (Å²) in [6, 6.07) is 5.72. The maximum Gasteiger partial charge on any atom is 0.191 e. The number of guanidine groups is 1. The molecule has 1 unspecified atom stereocenters. The van der Waals surface area contributed by atoms with E-state index in [2.05, 4.69) is 29.5 Å². The van der Waals surface area contributed by atoms with E-state index < -0.39 is 0 Å². The molecule has 22 heavy (non-hydrogen) atoms. The zero-order chi connectivity index (χ0) is 15.5. The van der Waals surface area contributed by atoms with Gasteiger partial charge in [-0.2, -0.15) is 0 Å². The summed E-state index contributed by atoms with van der Waals surface area (Å²) >= 11 is 12.0. The molecule has 1 fully saturated rings. The lowest BCUT2D eigenvalue weighted by atomic mass is 9.89. The standard InChI is InChI=1S/C15H21Cl2N3O.HI/c1-10(11-4-5-12(16)13(17)6-11)20-14(18-3)19-7-15(2)8-21-9-15;/h4-6,10H,7-9H2,1-3H3,(H2,18,19,20);1H. The molecule has 0 spiro atoms. The number of nitrogens with zero attached hydrogens (tertiary/aromatic N) is 1. The van der Waals surface area contributed by atoms with E-state index in [4.69, 9.17) is 27.9 Å². The van der Waals surface area contributed by atoms with E-state index in [0.29, 0.717) is 10.0 Å². The second-order valence-corrected chi connectivity index (χ2v) is 6.58. The number of halogens is 3. The van der Waals surface area contributed by atoms with Gasteiger partial charge in [0.1, 0.15) is 0 Å². The van der Waals surface area contributed by atoms with E-state index in [9.17, 15) is 0 Å². The van der Waals surface area contributed by atoms with Gasteiger partial charge in [-0.3, -0.25) is 4.99 Å². The van der Waals surface area contributed by atoms with E-state index in [1.807, 2.05) is 12.1 Å². The maximum atomic E-state index is 6.06. The molecular weight excluding hydrogens is 436 g/mol. The summed E-state index contributed by atoms with van der Waals surface area (Å²) in [4.78, 5) is 4.25. The Labute approximate surface area is 159 Å². The number of nitrogens with one attached hydrogen (secondary N) is 2. The third kappa shape index (κ3) is 5.15. The molecule has 0 radical (unpaired) electrons. The van der Waals surface area contributed by atoms with E-state index in [-0.39, 0.29) is 35.4 Å². The van der Waals surface area contributed by atoms with Crippen LogP contribution in [0.4, 0.5) is 0 Å². The van der Waals surface area contributed by atoms with Crippen molar-refractivity contribution in [2.24, 2.45) is 10.4 Å². The van der Waals surface area contributed by atoms with Gasteiger partial charge in [0.25, 0.3) is 0 Å². The number of aliphatic imine (C=N–C) groups is 1. The van der Waals surface area contributed by atoms with Gasteiger partial charge in [0.05, 0.1) is 29.3 Å².